The van der Waals surface area contributed by atoms with E-state index in [4.69, 9.17) is 85.9 Å². The Morgan fingerprint density at radius 3 is 1.30 bits per heavy atom. The van der Waals surface area contributed by atoms with Gasteiger partial charge in [0.15, 0.2) is 11.6 Å². The molecule has 44 heavy (non-hydrogen) atoms. The quantitative estimate of drug-likeness (QED) is 0.148. The molecule has 0 saturated carbocycles. The van der Waals surface area contributed by atoms with Crippen LogP contribution in [0.4, 0.5) is 0 Å². The maximum Gasteiger partial charge on any atom is 2.00 e. The van der Waals surface area contributed by atoms with Gasteiger partial charge in [0.05, 0.1) is 0 Å². The van der Waals surface area contributed by atoms with Gasteiger partial charge in [-0.3, -0.25) is 0 Å². The molecule has 0 amide bonds. The summed E-state index contributed by atoms with van der Waals surface area (Å²) in [5.41, 5.74) is 1.55. The van der Waals surface area contributed by atoms with E-state index < -0.39 is 0 Å². The number of aromatic nitrogens is 6. The van der Waals surface area contributed by atoms with E-state index in [9.17, 15) is 0 Å². The summed E-state index contributed by atoms with van der Waals surface area (Å²) in [6.07, 6.45) is 2.56. The first-order chi connectivity index (χ1) is 20.2. The van der Waals surface area contributed by atoms with Crippen molar-refractivity contribution in [2.75, 3.05) is 13.2 Å². The van der Waals surface area contributed by atoms with Gasteiger partial charge >= 0.3 is 23.1 Å². The Bertz CT molecular complexity index is 1450. The second-order valence-electron chi connectivity index (χ2n) is 7.96. The van der Waals surface area contributed by atoms with Crippen molar-refractivity contribution in [1.29, 1.82) is 0 Å². The van der Waals surface area contributed by atoms with E-state index in [1.54, 1.807) is 30.3 Å². The fraction of sp³-hybridized carbons (Fsp3) is 0.143. The van der Waals surface area contributed by atoms with Gasteiger partial charge in [-0.15, -0.1) is 0 Å². The summed E-state index contributed by atoms with van der Waals surface area (Å²) < 4.78 is 4.94. The Kier molecular flexibility index (Phi) is 20.9. The van der Waals surface area contributed by atoms with Crippen molar-refractivity contribution in [1.82, 2.24) is 29.9 Å². The number of hydrogen-bond donors (Lipinski definition) is 0. The number of halogens is 8. The molecule has 0 aliphatic carbocycles. The molecule has 0 N–H and O–H groups in total. The first kappa shape index (κ1) is 40.9. The molecule has 3 aromatic carbocycles. The maximum atomic E-state index is 6.00. The van der Waals surface area contributed by atoms with Gasteiger partial charge in [-0.2, -0.15) is 66.9 Å². The molecule has 1 fully saturated rings. The Hall–Kier alpha value is -1.08. The molecule has 1 aliphatic heterocycles. The minimum absolute atomic E-state index is 0. The van der Waals surface area contributed by atoms with E-state index >= 15 is 0 Å². The van der Waals surface area contributed by atoms with Crippen molar-refractivity contribution in [3.05, 3.63) is 115 Å². The zero-order valence-corrected chi connectivity index (χ0v) is 30.9. The Morgan fingerprint density at radius 1 is 0.545 bits per heavy atom. The Labute approximate surface area is 316 Å². The van der Waals surface area contributed by atoms with Crippen LogP contribution in [0, 0.1) is 6.07 Å². The molecule has 16 heteroatoms. The number of rotatable bonds is 2. The average Bonchev–Trinajstić information content (AvgIpc) is 3.54. The third-order valence-corrected chi connectivity index (χ3v) is 6.21. The third-order valence-electron chi connectivity index (χ3n) is 4.82. The van der Waals surface area contributed by atoms with Crippen molar-refractivity contribution in [2.24, 2.45) is 0 Å². The van der Waals surface area contributed by atoms with Crippen LogP contribution in [-0.2, 0) is 4.74 Å². The van der Waals surface area contributed by atoms with Crippen LogP contribution >= 0.6 is 81.2 Å². The van der Waals surface area contributed by atoms with Gasteiger partial charge < -0.3 is 21.7 Å². The monoisotopic (exact) mass is 804 g/mol. The largest absolute Gasteiger partial charge is 2.00 e. The third kappa shape index (κ3) is 16.0. The summed E-state index contributed by atoms with van der Waals surface area (Å²) in [6, 6.07) is 24.5. The Morgan fingerprint density at radius 2 is 0.977 bits per heavy atom. The molecule has 3 heterocycles. The smallest absolute Gasteiger partial charge is 1.00 e. The second kappa shape index (κ2) is 22.4. The summed E-state index contributed by atoms with van der Waals surface area (Å²) in [4.78, 5) is 23.1. The fourth-order valence-corrected chi connectivity index (χ4v) is 4.34. The average molecular weight is 809 g/mol. The van der Waals surface area contributed by atoms with E-state index in [0.717, 1.165) is 29.4 Å². The standard InChI is InChI=1S/C15H8Cl3N3.C6H4Cl.C4H8O.C3Cl3N3.BrH.Mg/c16-11-5-1-3-9(7-11)13-19-14(21-15(18)20-13)10-4-2-6-12(17)8-10;7-6-4-2-1-3-5-6;1-2-4-5-3-1;4-1-7-2(5)9-3(6)8-1;;/h1-8H;1-2,4-5H;1-4H2;;1H;/q;-1;;;;+2/p-1. The topological polar surface area (TPSA) is 86.6 Å². The molecule has 1 saturated heterocycles. The van der Waals surface area contributed by atoms with Crippen LogP contribution in [0.3, 0.4) is 0 Å². The molecule has 6 rings (SSSR count). The summed E-state index contributed by atoms with van der Waals surface area (Å²) in [7, 11) is 0. The molecule has 0 radical (unpaired) electrons. The second-order valence-corrected chi connectivity index (χ2v) is 10.6. The summed E-state index contributed by atoms with van der Waals surface area (Å²) in [5.74, 6) is 0.931. The number of benzene rings is 3. The molecule has 5 aromatic rings. The van der Waals surface area contributed by atoms with Crippen molar-refractivity contribution in [2.45, 2.75) is 12.8 Å². The number of hydrogen-bond acceptors (Lipinski definition) is 7. The predicted octanol–water partition coefficient (Wildman–Crippen LogP) is 6.56. The molecule has 0 atom stereocenters. The van der Waals surface area contributed by atoms with Crippen molar-refractivity contribution in [3.8, 4) is 22.8 Å². The molecule has 2 aromatic heterocycles. The molecule has 226 valence electrons. The van der Waals surface area contributed by atoms with Crippen molar-refractivity contribution >= 4 is 104 Å². The first-order valence-corrected chi connectivity index (χ1v) is 14.7. The Balaban J connectivity index is 0.000000346. The van der Waals surface area contributed by atoms with Gasteiger partial charge in [0.2, 0.25) is 21.1 Å². The minimum atomic E-state index is 0. The number of ether oxygens (including phenoxy) is 1. The zero-order valence-electron chi connectivity index (χ0n) is 22.6. The minimum Gasteiger partial charge on any atom is -1.00 e. The molecule has 7 nitrogen and oxygen atoms in total. The number of nitrogens with zero attached hydrogens (tertiary/aromatic N) is 6. The van der Waals surface area contributed by atoms with Crippen molar-refractivity contribution < 1.29 is 21.7 Å². The van der Waals surface area contributed by atoms with Gasteiger partial charge in [0.1, 0.15) is 0 Å². The van der Waals surface area contributed by atoms with E-state index in [1.165, 1.54) is 12.8 Å². The van der Waals surface area contributed by atoms with Crippen LogP contribution < -0.4 is 17.0 Å². The normalized spacial score (nSPS) is 11.2. The van der Waals surface area contributed by atoms with Crippen LogP contribution in [0.25, 0.3) is 22.8 Å². The maximum absolute atomic E-state index is 6.00. The van der Waals surface area contributed by atoms with Gasteiger partial charge in [-0.05, 0) is 83.5 Å². The van der Waals surface area contributed by atoms with Gasteiger partial charge in [-0.25, -0.2) is 4.98 Å². The van der Waals surface area contributed by atoms with Gasteiger partial charge in [0, 0.05) is 34.4 Å². The fourth-order valence-electron chi connectivity index (χ4n) is 3.05. The van der Waals surface area contributed by atoms with Gasteiger partial charge in [-0.1, -0.05) is 52.5 Å². The summed E-state index contributed by atoms with van der Waals surface area (Å²) >= 11 is 39.4. The van der Waals surface area contributed by atoms with E-state index in [2.05, 4.69) is 36.0 Å². The molecule has 0 unspecified atom stereocenters. The van der Waals surface area contributed by atoms with Crippen LogP contribution in [0.5, 0.6) is 0 Å². The predicted molar refractivity (Wildman–Crippen MR) is 177 cm³/mol. The zero-order chi connectivity index (χ0) is 30.3. The molecular weight excluding hydrogens is 789 g/mol. The van der Waals surface area contributed by atoms with Crippen molar-refractivity contribution in [3.63, 3.8) is 0 Å². The SMILES string of the molecule is C1CCOC1.Clc1c[c-]ccc1.Clc1cccc(-c2nc(Cl)nc(-c3cccc(Cl)c3)n2)c1.Clc1nc(Cl)nc(Cl)n1.[Br-].[Mg+2]. The van der Waals surface area contributed by atoms with Crippen LogP contribution in [0.2, 0.25) is 36.2 Å². The molecule has 1 aliphatic rings. The first-order valence-electron chi connectivity index (χ1n) is 12.0. The molecular formula is C28H20BrCl7MgN6O. The summed E-state index contributed by atoms with van der Waals surface area (Å²) in [5, 5.41) is 2.07. The van der Waals surface area contributed by atoms with Crippen LogP contribution in [0.15, 0.2) is 72.8 Å². The van der Waals surface area contributed by atoms with E-state index in [1.807, 2.05) is 42.5 Å². The van der Waals surface area contributed by atoms with Crippen LogP contribution in [-0.4, -0.2) is 66.2 Å². The van der Waals surface area contributed by atoms with E-state index in [0.29, 0.717) is 21.7 Å². The molecule has 0 spiro atoms. The van der Waals surface area contributed by atoms with Crippen LogP contribution in [0.1, 0.15) is 12.8 Å². The summed E-state index contributed by atoms with van der Waals surface area (Å²) in [6.45, 7) is 2.00. The molecule has 0 bridgehead atoms. The van der Waals surface area contributed by atoms with Gasteiger partial charge in [0.25, 0.3) is 0 Å². The van der Waals surface area contributed by atoms with E-state index in [-0.39, 0.29) is 61.2 Å².